The van der Waals surface area contributed by atoms with E-state index in [1.165, 1.54) is 0 Å². The zero-order valence-electron chi connectivity index (χ0n) is 9.52. The molecule has 0 saturated heterocycles. The number of hydrogen-bond acceptors (Lipinski definition) is 5. The normalized spacial score (nSPS) is 12.9. The zero-order chi connectivity index (χ0) is 11.6. The summed E-state index contributed by atoms with van der Waals surface area (Å²) in [4.78, 5) is 0. The maximum absolute atomic E-state index is 9.63. The number of aliphatic hydroxyl groups is 1. The molecule has 1 heterocycles. The lowest BCUT2D eigenvalue weighted by Crippen LogP contribution is -2.25. The van der Waals surface area contributed by atoms with Gasteiger partial charge in [-0.05, 0) is 12.1 Å². The Morgan fingerprint density at radius 2 is 2.31 bits per heavy atom. The van der Waals surface area contributed by atoms with Crippen molar-refractivity contribution in [3.63, 3.8) is 0 Å². The molecule has 0 radical (unpaired) electrons. The van der Waals surface area contributed by atoms with E-state index in [1.54, 1.807) is 25.5 Å². The van der Waals surface area contributed by atoms with Gasteiger partial charge in [-0.3, -0.25) is 0 Å². The summed E-state index contributed by atoms with van der Waals surface area (Å²) in [5, 5.41) is 12.7. The van der Waals surface area contributed by atoms with E-state index in [0.717, 1.165) is 0 Å². The lowest BCUT2D eigenvalue weighted by atomic mass is 10.3. The molecule has 0 aliphatic heterocycles. The van der Waals surface area contributed by atoms with E-state index in [1.807, 2.05) is 0 Å². The summed E-state index contributed by atoms with van der Waals surface area (Å²) in [7, 11) is 1.64. The highest BCUT2D eigenvalue weighted by Gasteiger charge is 2.08. The SMILES string of the molecule is COCCOCCNCC(O)c1ccco1. The van der Waals surface area contributed by atoms with Crippen molar-refractivity contribution >= 4 is 0 Å². The molecule has 1 rings (SSSR count). The van der Waals surface area contributed by atoms with Crippen molar-refractivity contribution < 1.29 is 19.0 Å². The van der Waals surface area contributed by atoms with Gasteiger partial charge in [0.2, 0.25) is 0 Å². The number of furan rings is 1. The Hall–Kier alpha value is -0.880. The predicted octanol–water partition coefficient (Wildman–Crippen LogP) is 0.566. The summed E-state index contributed by atoms with van der Waals surface area (Å²) in [6.07, 6.45) is 0.945. The molecule has 16 heavy (non-hydrogen) atoms. The van der Waals surface area contributed by atoms with Crippen molar-refractivity contribution in [3.8, 4) is 0 Å². The highest BCUT2D eigenvalue weighted by molar-refractivity contribution is 5.01. The summed E-state index contributed by atoms with van der Waals surface area (Å²) in [6.45, 7) is 2.96. The average Bonchev–Trinajstić information content (AvgIpc) is 2.81. The minimum absolute atomic E-state index is 0.459. The van der Waals surface area contributed by atoms with Gasteiger partial charge in [0.05, 0.1) is 26.1 Å². The van der Waals surface area contributed by atoms with Gasteiger partial charge in [-0.2, -0.15) is 0 Å². The number of aliphatic hydroxyl groups excluding tert-OH is 1. The summed E-state index contributed by atoms with van der Waals surface area (Å²) in [5.41, 5.74) is 0. The van der Waals surface area contributed by atoms with Gasteiger partial charge in [-0.15, -0.1) is 0 Å². The second kappa shape index (κ2) is 8.29. The van der Waals surface area contributed by atoms with Gasteiger partial charge in [0.1, 0.15) is 11.9 Å². The first-order valence-electron chi connectivity index (χ1n) is 5.33. The fourth-order valence-electron chi connectivity index (χ4n) is 1.21. The van der Waals surface area contributed by atoms with Gasteiger partial charge in [0.25, 0.3) is 0 Å². The Morgan fingerprint density at radius 1 is 1.44 bits per heavy atom. The molecule has 1 aromatic rings. The third-order valence-corrected chi connectivity index (χ3v) is 2.06. The van der Waals surface area contributed by atoms with Crippen LogP contribution >= 0.6 is 0 Å². The maximum Gasteiger partial charge on any atom is 0.133 e. The second-order valence-electron chi connectivity index (χ2n) is 3.34. The molecule has 0 aromatic carbocycles. The smallest absolute Gasteiger partial charge is 0.133 e. The Bertz CT molecular complexity index is 250. The van der Waals surface area contributed by atoms with Crippen LogP contribution in [0.2, 0.25) is 0 Å². The number of rotatable bonds is 9. The molecule has 5 nitrogen and oxygen atoms in total. The van der Waals surface area contributed by atoms with Crippen molar-refractivity contribution in [1.29, 1.82) is 0 Å². The van der Waals surface area contributed by atoms with Gasteiger partial charge >= 0.3 is 0 Å². The van der Waals surface area contributed by atoms with Crippen molar-refractivity contribution in [2.24, 2.45) is 0 Å². The molecule has 0 amide bonds. The first kappa shape index (κ1) is 13.2. The molecule has 1 unspecified atom stereocenters. The van der Waals surface area contributed by atoms with Crippen molar-refractivity contribution in [3.05, 3.63) is 24.2 Å². The van der Waals surface area contributed by atoms with E-state index >= 15 is 0 Å². The molecule has 0 saturated carbocycles. The Balaban J connectivity index is 1.95. The predicted molar refractivity (Wildman–Crippen MR) is 59.2 cm³/mol. The van der Waals surface area contributed by atoms with Crippen LogP contribution in [0.5, 0.6) is 0 Å². The molecular weight excluding hydrogens is 210 g/mol. The van der Waals surface area contributed by atoms with Gasteiger partial charge < -0.3 is 24.3 Å². The fraction of sp³-hybridized carbons (Fsp3) is 0.636. The van der Waals surface area contributed by atoms with Crippen LogP contribution in [0, 0.1) is 0 Å². The van der Waals surface area contributed by atoms with E-state index in [9.17, 15) is 5.11 Å². The summed E-state index contributed by atoms with van der Waals surface area (Å²) < 4.78 is 15.2. The summed E-state index contributed by atoms with van der Waals surface area (Å²) in [5.74, 6) is 0.577. The monoisotopic (exact) mass is 229 g/mol. The minimum Gasteiger partial charge on any atom is -0.467 e. The molecule has 92 valence electrons. The topological polar surface area (TPSA) is 63.9 Å². The van der Waals surface area contributed by atoms with E-state index in [-0.39, 0.29) is 0 Å². The van der Waals surface area contributed by atoms with E-state index in [4.69, 9.17) is 13.9 Å². The first-order chi connectivity index (χ1) is 7.84. The van der Waals surface area contributed by atoms with Gasteiger partial charge in [-0.1, -0.05) is 0 Å². The van der Waals surface area contributed by atoms with Crippen LogP contribution in [0.25, 0.3) is 0 Å². The molecule has 1 atom stereocenters. The van der Waals surface area contributed by atoms with E-state index < -0.39 is 6.10 Å². The number of ether oxygens (including phenoxy) is 2. The molecule has 0 aliphatic rings. The minimum atomic E-state index is -0.603. The van der Waals surface area contributed by atoms with Crippen LogP contribution < -0.4 is 5.32 Å². The third-order valence-electron chi connectivity index (χ3n) is 2.06. The third kappa shape index (κ3) is 5.27. The van der Waals surface area contributed by atoms with Crippen LogP contribution in [0.4, 0.5) is 0 Å². The Kier molecular flexibility index (Phi) is 6.83. The van der Waals surface area contributed by atoms with Crippen LogP contribution in [-0.2, 0) is 9.47 Å². The quantitative estimate of drug-likeness (QED) is 0.606. The Labute approximate surface area is 95.4 Å². The van der Waals surface area contributed by atoms with Crippen molar-refractivity contribution in [1.82, 2.24) is 5.32 Å². The van der Waals surface area contributed by atoms with Crippen LogP contribution in [0.15, 0.2) is 22.8 Å². The number of nitrogens with one attached hydrogen (secondary N) is 1. The summed E-state index contributed by atoms with van der Waals surface area (Å²) in [6, 6.07) is 3.51. The van der Waals surface area contributed by atoms with Crippen molar-refractivity contribution in [2.45, 2.75) is 6.10 Å². The van der Waals surface area contributed by atoms with E-state index in [0.29, 0.717) is 38.7 Å². The standard InChI is InChI=1S/C11H19NO4/c1-14-7-8-15-6-4-12-9-10(13)11-3-2-5-16-11/h2-3,5,10,12-13H,4,6-9H2,1H3. The largest absolute Gasteiger partial charge is 0.467 e. The van der Waals surface area contributed by atoms with Gasteiger partial charge in [0, 0.05) is 20.2 Å². The molecular formula is C11H19NO4. The molecule has 1 aromatic heterocycles. The Morgan fingerprint density at radius 3 is 3.00 bits per heavy atom. The summed E-state index contributed by atoms with van der Waals surface area (Å²) >= 11 is 0. The molecule has 0 bridgehead atoms. The fourth-order valence-corrected chi connectivity index (χ4v) is 1.21. The second-order valence-corrected chi connectivity index (χ2v) is 3.34. The van der Waals surface area contributed by atoms with Crippen LogP contribution in [0.1, 0.15) is 11.9 Å². The first-order valence-corrected chi connectivity index (χ1v) is 5.33. The van der Waals surface area contributed by atoms with Crippen LogP contribution in [0.3, 0.4) is 0 Å². The molecule has 2 N–H and O–H groups in total. The van der Waals surface area contributed by atoms with Crippen molar-refractivity contribution in [2.75, 3.05) is 40.0 Å². The maximum atomic E-state index is 9.63. The lowest BCUT2D eigenvalue weighted by Gasteiger charge is -2.09. The molecule has 0 fully saturated rings. The zero-order valence-corrected chi connectivity index (χ0v) is 9.52. The molecule has 0 aliphatic carbocycles. The average molecular weight is 229 g/mol. The number of methoxy groups -OCH3 is 1. The van der Waals surface area contributed by atoms with Gasteiger partial charge in [-0.25, -0.2) is 0 Å². The highest BCUT2D eigenvalue weighted by Crippen LogP contribution is 2.11. The van der Waals surface area contributed by atoms with E-state index in [2.05, 4.69) is 5.32 Å². The van der Waals surface area contributed by atoms with Crippen LogP contribution in [-0.4, -0.2) is 45.1 Å². The highest BCUT2D eigenvalue weighted by atomic mass is 16.5. The number of hydrogen-bond donors (Lipinski definition) is 2. The lowest BCUT2D eigenvalue weighted by molar-refractivity contribution is 0.0697. The molecule has 0 spiro atoms. The molecule has 5 heteroatoms. The van der Waals surface area contributed by atoms with Gasteiger partial charge in [0.15, 0.2) is 0 Å².